The van der Waals surface area contributed by atoms with Crippen LogP contribution >= 0.6 is 0 Å². The zero-order chi connectivity index (χ0) is 43.9. The summed E-state index contributed by atoms with van der Waals surface area (Å²) in [4.78, 5) is 15.3. The monoisotopic (exact) mass is 843 g/mol. The molecule has 13 rings (SSSR count). The molecular weight excluding hydrogens is 803 g/mol. The number of hydrogen-bond acceptors (Lipinski definition) is 4. The Labute approximate surface area is 382 Å². The Bertz CT molecular complexity index is 3890. The molecule has 0 N–H and O–H groups in total. The average Bonchev–Trinajstić information content (AvgIpc) is 3.87. The number of rotatable bonds is 6. The Morgan fingerprint density at radius 1 is 0.318 bits per heavy atom. The van der Waals surface area contributed by atoms with Crippen molar-refractivity contribution in [3.63, 3.8) is 0 Å². The Kier molecular flexibility index (Phi) is 8.53. The molecule has 2 heterocycles. The lowest BCUT2D eigenvalue weighted by Gasteiger charge is -2.21. The molecule has 0 spiro atoms. The molecule has 0 fully saturated rings. The van der Waals surface area contributed by atoms with Crippen LogP contribution in [0.3, 0.4) is 0 Å². The highest BCUT2D eigenvalue weighted by molar-refractivity contribution is 6.14. The third-order valence-corrected chi connectivity index (χ3v) is 13.7. The number of hydrogen-bond donors (Lipinski definition) is 0. The molecule has 0 unspecified atom stereocenters. The minimum atomic E-state index is -0.0812. The van der Waals surface area contributed by atoms with E-state index in [0.717, 1.165) is 55.3 Å². The maximum atomic E-state index is 6.52. The molecule has 0 saturated heterocycles. The molecule has 0 amide bonds. The quantitative estimate of drug-likeness (QED) is 0.157. The van der Waals surface area contributed by atoms with Crippen molar-refractivity contribution >= 4 is 43.5 Å². The molecule has 0 bridgehead atoms. The first kappa shape index (κ1) is 38.0. The first-order valence-electron chi connectivity index (χ1n) is 22.6. The van der Waals surface area contributed by atoms with Crippen LogP contribution in [0.25, 0.3) is 122 Å². The van der Waals surface area contributed by atoms with Crippen LogP contribution in [0.2, 0.25) is 0 Å². The van der Waals surface area contributed by atoms with Crippen molar-refractivity contribution in [1.29, 1.82) is 0 Å². The third-order valence-electron chi connectivity index (χ3n) is 13.7. The van der Waals surface area contributed by atoms with Crippen molar-refractivity contribution in [2.24, 2.45) is 0 Å². The molecule has 12 aromatic rings. The predicted molar refractivity (Wildman–Crippen MR) is 272 cm³/mol. The molecule has 4 heteroatoms. The standard InChI is InChI=1S/C62H41N3O/c1-62(2)54-18-10-9-16-49(54)52-37-47(30-32-55(52)62)61-64-59(42-14-7-4-8-15-42)63-60(65-61)43-26-22-39(23-27-43)48-17-11-19-57-58(48)53-36-46(31-33-56(53)66-57)45-29-25-41-21-20-40-24-28-44(34-50(40)51(41)35-45)38-12-5-3-6-13-38/h3-37H,1-2H3. The minimum Gasteiger partial charge on any atom is -0.456 e. The molecule has 10 aromatic carbocycles. The zero-order valence-electron chi connectivity index (χ0n) is 36.5. The lowest BCUT2D eigenvalue weighted by molar-refractivity contribution is 0.660. The number of furan rings is 1. The van der Waals surface area contributed by atoms with Crippen molar-refractivity contribution in [3.8, 4) is 78.7 Å². The molecule has 1 aliphatic carbocycles. The van der Waals surface area contributed by atoms with E-state index in [0.29, 0.717) is 17.5 Å². The molecule has 4 nitrogen and oxygen atoms in total. The molecule has 0 aliphatic heterocycles. The first-order chi connectivity index (χ1) is 32.4. The van der Waals surface area contributed by atoms with Gasteiger partial charge in [-0.15, -0.1) is 0 Å². The lowest BCUT2D eigenvalue weighted by Crippen LogP contribution is -2.14. The summed E-state index contributed by atoms with van der Waals surface area (Å²) in [6.45, 7) is 4.60. The summed E-state index contributed by atoms with van der Waals surface area (Å²) >= 11 is 0. The van der Waals surface area contributed by atoms with Crippen molar-refractivity contribution in [2.45, 2.75) is 19.3 Å². The summed E-state index contributed by atoms with van der Waals surface area (Å²) in [5.74, 6) is 1.92. The third kappa shape index (κ3) is 6.17. The normalized spacial score (nSPS) is 12.8. The van der Waals surface area contributed by atoms with Crippen LogP contribution in [-0.4, -0.2) is 15.0 Å². The second-order valence-electron chi connectivity index (χ2n) is 18.0. The molecule has 0 atom stereocenters. The Balaban J connectivity index is 0.886. The number of aromatic nitrogens is 3. The van der Waals surface area contributed by atoms with Gasteiger partial charge in [0, 0.05) is 32.9 Å². The van der Waals surface area contributed by atoms with E-state index in [1.54, 1.807) is 0 Å². The molecule has 66 heavy (non-hydrogen) atoms. The van der Waals surface area contributed by atoms with Crippen molar-refractivity contribution < 1.29 is 4.42 Å². The van der Waals surface area contributed by atoms with Gasteiger partial charge in [-0.2, -0.15) is 0 Å². The average molecular weight is 844 g/mol. The largest absolute Gasteiger partial charge is 0.456 e. The minimum absolute atomic E-state index is 0.0812. The zero-order valence-corrected chi connectivity index (χ0v) is 36.5. The maximum Gasteiger partial charge on any atom is 0.164 e. The fourth-order valence-corrected chi connectivity index (χ4v) is 10.3. The van der Waals surface area contributed by atoms with Gasteiger partial charge in [-0.3, -0.25) is 0 Å². The molecule has 0 saturated carbocycles. The Morgan fingerprint density at radius 2 is 0.803 bits per heavy atom. The van der Waals surface area contributed by atoms with E-state index in [1.165, 1.54) is 60.5 Å². The summed E-state index contributed by atoms with van der Waals surface area (Å²) in [6.07, 6.45) is 0. The van der Waals surface area contributed by atoms with Gasteiger partial charge in [0.15, 0.2) is 17.5 Å². The Hall–Kier alpha value is -8.47. The number of fused-ring (bicyclic) bond motifs is 9. The van der Waals surface area contributed by atoms with E-state index in [9.17, 15) is 0 Å². The van der Waals surface area contributed by atoms with E-state index in [-0.39, 0.29) is 5.41 Å². The SMILES string of the molecule is CC1(C)c2ccccc2-c2cc(-c3nc(-c4ccccc4)nc(-c4ccc(-c5cccc6oc7ccc(-c8ccc9ccc%10ccc(-c%11ccccc%11)cc%10c9c8)cc7c56)cc4)n3)ccc21. The van der Waals surface area contributed by atoms with Crippen LogP contribution in [0.1, 0.15) is 25.0 Å². The van der Waals surface area contributed by atoms with Gasteiger partial charge < -0.3 is 4.42 Å². The summed E-state index contributed by atoms with van der Waals surface area (Å²) in [5.41, 5.74) is 16.6. The molecular formula is C62H41N3O. The molecule has 0 radical (unpaired) electrons. The second-order valence-corrected chi connectivity index (χ2v) is 18.0. The molecule has 1 aliphatic rings. The Morgan fingerprint density at radius 3 is 1.50 bits per heavy atom. The smallest absolute Gasteiger partial charge is 0.164 e. The summed E-state index contributed by atoms with van der Waals surface area (Å²) in [7, 11) is 0. The van der Waals surface area contributed by atoms with E-state index in [1.807, 2.05) is 18.2 Å². The van der Waals surface area contributed by atoms with E-state index >= 15 is 0 Å². The molecule has 2 aromatic heterocycles. The molecule has 310 valence electrons. The highest BCUT2D eigenvalue weighted by atomic mass is 16.3. The lowest BCUT2D eigenvalue weighted by atomic mass is 9.82. The van der Waals surface area contributed by atoms with Crippen LogP contribution in [0.15, 0.2) is 217 Å². The second kappa shape index (κ2) is 14.8. The predicted octanol–water partition coefficient (Wildman–Crippen LogP) is 16.4. The van der Waals surface area contributed by atoms with Crippen molar-refractivity contribution in [3.05, 3.63) is 223 Å². The van der Waals surface area contributed by atoms with Crippen LogP contribution in [0.5, 0.6) is 0 Å². The van der Waals surface area contributed by atoms with Crippen molar-refractivity contribution in [2.75, 3.05) is 0 Å². The van der Waals surface area contributed by atoms with Crippen LogP contribution in [0, 0.1) is 0 Å². The summed E-state index contributed by atoms with van der Waals surface area (Å²) < 4.78 is 6.52. The van der Waals surface area contributed by atoms with Gasteiger partial charge in [-0.05, 0) is 114 Å². The van der Waals surface area contributed by atoms with Crippen LogP contribution < -0.4 is 0 Å². The summed E-state index contributed by atoms with van der Waals surface area (Å²) in [6, 6.07) is 75.7. The van der Waals surface area contributed by atoms with Crippen LogP contribution in [-0.2, 0) is 5.41 Å². The fraction of sp³-hybridized carbons (Fsp3) is 0.0484. The first-order valence-corrected chi connectivity index (χ1v) is 22.6. The van der Waals surface area contributed by atoms with Gasteiger partial charge >= 0.3 is 0 Å². The maximum absolute atomic E-state index is 6.52. The van der Waals surface area contributed by atoms with Gasteiger partial charge in [0.25, 0.3) is 0 Å². The van der Waals surface area contributed by atoms with E-state index < -0.39 is 0 Å². The van der Waals surface area contributed by atoms with Crippen molar-refractivity contribution in [1.82, 2.24) is 15.0 Å². The fourth-order valence-electron chi connectivity index (χ4n) is 10.3. The van der Waals surface area contributed by atoms with E-state index in [2.05, 4.69) is 208 Å². The number of nitrogens with zero attached hydrogens (tertiary/aromatic N) is 3. The van der Waals surface area contributed by atoms with Gasteiger partial charge in [0.1, 0.15) is 11.2 Å². The summed E-state index contributed by atoms with van der Waals surface area (Å²) in [5, 5.41) is 7.12. The highest BCUT2D eigenvalue weighted by Gasteiger charge is 2.35. The van der Waals surface area contributed by atoms with Gasteiger partial charge in [-0.1, -0.05) is 190 Å². The van der Waals surface area contributed by atoms with Gasteiger partial charge in [-0.25, -0.2) is 15.0 Å². The van der Waals surface area contributed by atoms with Crippen LogP contribution in [0.4, 0.5) is 0 Å². The van der Waals surface area contributed by atoms with E-state index in [4.69, 9.17) is 19.4 Å². The highest BCUT2D eigenvalue weighted by Crippen LogP contribution is 2.49. The topological polar surface area (TPSA) is 51.8 Å². The van der Waals surface area contributed by atoms with Gasteiger partial charge in [0.05, 0.1) is 0 Å². The van der Waals surface area contributed by atoms with Gasteiger partial charge in [0.2, 0.25) is 0 Å². The number of benzene rings is 10.